The molecule has 0 spiro atoms. The molecule has 23 heavy (non-hydrogen) atoms. The average Bonchev–Trinajstić information content (AvgIpc) is 2.80. The monoisotopic (exact) mass is 339 g/mol. The van der Waals surface area contributed by atoms with Gasteiger partial charge in [-0.15, -0.1) is 11.3 Å². The van der Waals surface area contributed by atoms with E-state index in [1.165, 1.54) is 16.2 Å². The van der Waals surface area contributed by atoms with Gasteiger partial charge in [-0.1, -0.05) is 6.92 Å². The molecule has 1 aromatic heterocycles. The Morgan fingerprint density at radius 3 is 2.78 bits per heavy atom. The van der Waals surface area contributed by atoms with Crippen molar-refractivity contribution in [2.24, 2.45) is 0 Å². The van der Waals surface area contributed by atoms with Gasteiger partial charge < -0.3 is 15.3 Å². The number of aliphatic carboxylic acids is 1. The maximum Gasteiger partial charge on any atom is 0.323 e. The Kier molecular flexibility index (Phi) is 5.70. The highest BCUT2D eigenvalue weighted by molar-refractivity contribution is 7.13. The highest BCUT2D eigenvalue weighted by Crippen LogP contribution is 2.19. The lowest BCUT2D eigenvalue weighted by atomic mass is 10.1. The van der Waals surface area contributed by atoms with Crippen LogP contribution in [0.15, 0.2) is 0 Å². The van der Waals surface area contributed by atoms with Crippen molar-refractivity contribution in [2.75, 3.05) is 13.1 Å². The Morgan fingerprint density at radius 1 is 1.43 bits per heavy atom. The molecule has 1 aliphatic heterocycles. The van der Waals surface area contributed by atoms with Crippen LogP contribution in [-0.2, 0) is 16.0 Å². The molecule has 2 N–H and O–H groups in total. The molecule has 1 unspecified atom stereocenters. The summed E-state index contributed by atoms with van der Waals surface area (Å²) in [5.41, 5.74) is 0.660. The topological polar surface area (TPSA) is 99.6 Å². The summed E-state index contributed by atoms with van der Waals surface area (Å²) in [6, 6.07) is -0.670. The number of likely N-dealkylation sites (tertiary alicyclic amines) is 1. The molecular formula is C15H21N3O4S. The smallest absolute Gasteiger partial charge is 0.323 e. The van der Waals surface area contributed by atoms with E-state index < -0.39 is 12.0 Å². The molecule has 0 bridgehead atoms. The molecule has 2 heterocycles. The zero-order chi connectivity index (χ0) is 17.0. The number of hydrogen-bond acceptors (Lipinski definition) is 5. The molecule has 126 valence electrons. The lowest BCUT2D eigenvalue weighted by Crippen LogP contribution is -2.48. The van der Waals surface area contributed by atoms with Crippen LogP contribution in [-0.4, -0.2) is 51.9 Å². The van der Waals surface area contributed by atoms with Crippen molar-refractivity contribution in [3.8, 4) is 0 Å². The first-order chi connectivity index (χ1) is 10.9. The SMILES string of the molecule is CCc1nc(C)c(C(=O)NC2CCCCN(CC(=O)O)C2=O)s1. The van der Waals surface area contributed by atoms with Crippen LogP contribution < -0.4 is 5.32 Å². The quantitative estimate of drug-likeness (QED) is 0.840. The lowest BCUT2D eigenvalue weighted by Gasteiger charge is -2.23. The number of amides is 2. The molecule has 1 fully saturated rings. The van der Waals surface area contributed by atoms with Crippen molar-refractivity contribution in [1.29, 1.82) is 0 Å². The van der Waals surface area contributed by atoms with Gasteiger partial charge in [0, 0.05) is 6.54 Å². The zero-order valence-corrected chi connectivity index (χ0v) is 14.1. The Balaban J connectivity index is 2.10. The molecule has 8 heteroatoms. The number of nitrogens with one attached hydrogen (secondary N) is 1. The van der Waals surface area contributed by atoms with Crippen LogP contribution in [0.3, 0.4) is 0 Å². The minimum atomic E-state index is -1.05. The van der Waals surface area contributed by atoms with Gasteiger partial charge in [-0.05, 0) is 32.6 Å². The van der Waals surface area contributed by atoms with E-state index in [0.29, 0.717) is 23.5 Å². The molecule has 7 nitrogen and oxygen atoms in total. The van der Waals surface area contributed by atoms with Gasteiger partial charge in [-0.2, -0.15) is 0 Å². The van der Waals surface area contributed by atoms with Crippen LogP contribution in [0.4, 0.5) is 0 Å². The van der Waals surface area contributed by atoms with Crippen molar-refractivity contribution in [2.45, 2.75) is 45.6 Å². The molecule has 1 atom stereocenters. The van der Waals surface area contributed by atoms with Crippen molar-refractivity contribution >= 4 is 29.1 Å². The summed E-state index contributed by atoms with van der Waals surface area (Å²) < 4.78 is 0. The number of aromatic nitrogens is 1. The van der Waals surface area contributed by atoms with Gasteiger partial charge in [0.25, 0.3) is 5.91 Å². The van der Waals surface area contributed by atoms with E-state index in [1.807, 2.05) is 6.92 Å². The minimum Gasteiger partial charge on any atom is -0.480 e. The molecule has 0 aliphatic carbocycles. The summed E-state index contributed by atoms with van der Waals surface area (Å²) in [7, 11) is 0. The number of aryl methyl sites for hydroxylation is 2. The molecular weight excluding hydrogens is 318 g/mol. The third-order valence-electron chi connectivity index (χ3n) is 3.76. The van der Waals surface area contributed by atoms with Gasteiger partial charge in [0.05, 0.1) is 10.7 Å². The Labute approximate surface area is 138 Å². The lowest BCUT2D eigenvalue weighted by molar-refractivity contribution is -0.144. The number of thiazole rings is 1. The summed E-state index contributed by atoms with van der Waals surface area (Å²) in [6.07, 6.45) is 2.80. The van der Waals surface area contributed by atoms with E-state index in [0.717, 1.165) is 24.3 Å². The molecule has 1 aliphatic rings. The van der Waals surface area contributed by atoms with E-state index in [4.69, 9.17) is 5.11 Å². The zero-order valence-electron chi connectivity index (χ0n) is 13.3. The van der Waals surface area contributed by atoms with Crippen LogP contribution >= 0.6 is 11.3 Å². The van der Waals surface area contributed by atoms with E-state index in [-0.39, 0.29) is 18.4 Å². The van der Waals surface area contributed by atoms with Crippen molar-refractivity contribution in [3.05, 3.63) is 15.6 Å². The highest BCUT2D eigenvalue weighted by atomic mass is 32.1. The minimum absolute atomic E-state index is 0.310. The first-order valence-electron chi connectivity index (χ1n) is 7.70. The Bertz CT molecular complexity index is 614. The summed E-state index contributed by atoms with van der Waals surface area (Å²) in [5.74, 6) is -1.68. The van der Waals surface area contributed by atoms with Crippen LogP contribution in [0.5, 0.6) is 0 Å². The fraction of sp³-hybridized carbons (Fsp3) is 0.600. The fourth-order valence-corrected chi connectivity index (χ4v) is 3.50. The van der Waals surface area contributed by atoms with Gasteiger partial charge in [0.2, 0.25) is 5.91 Å². The van der Waals surface area contributed by atoms with Gasteiger partial charge in [0.1, 0.15) is 17.5 Å². The number of carbonyl (C=O) groups is 3. The first kappa shape index (κ1) is 17.4. The second-order valence-corrected chi connectivity index (χ2v) is 6.63. The molecule has 1 saturated heterocycles. The third-order valence-corrected chi connectivity index (χ3v) is 5.06. The maximum absolute atomic E-state index is 12.4. The van der Waals surface area contributed by atoms with Gasteiger partial charge in [-0.25, -0.2) is 4.98 Å². The van der Waals surface area contributed by atoms with E-state index in [1.54, 1.807) is 6.92 Å². The second kappa shape index (κ2) is 7.54. The molecule has 0 radical (unpaired) electrons. The van der Waals surface area contributed by atoms with Crippen LogP contribution in [0.25, 0.3) is 0 Å². The van der Waals surface area contributed by atoms with Gasteiger partial charge in [0.15, 0.2) is 0 Å². The highest BCUT2D eigenvalue weighted by Gasteiger charge is 2.30. The number of carboxylic acids is 1. The Hall–Kier alpha value is -1.96. The van der Waals surface area contributed by atoms with Crippen molar-refractivity contribution < 1.29 is 19.5 Å². The molecule has 2 rings (SSSR count). The number of carbonyl (C=O) groups excluding carboxylic acids is 2. The summed E-state index contributed by atoms with van der Waals surface area (Å²) in [5, 5.41) is 12.5. The number of rotatable bonds is 5. The Morgan fingerprint density at radius 2 is 2.17 bits per heavy atom. The summed E-state index contributed by atoms with van der Waals surface area (Å²) >= 11 is 1.33. The summed E-state index contributed by atoms with van der Waals surface area (Å²) in [6.45, 7) is 3.83. The predicted octanol–water partition coefficient (Wildman–Crippen LogP) is 1.21. The number of nitrogens with zero attached hydrogens (tertiary/aromatic N) is 2. The van der Waals surface area contributed by atoms with E-state index in [2.05, 4.69) is 10.3 Å². The second-order valence-electron chi connectivity index (χ2n) is 5.55. The largest absolute Gasteiger partial charge is 0.480 e. The predicted molar refractivity (Wildman–Crippen MR) is 85.6 cm³/mol. The first-order valence-corrected chi connectivity index (χ1v) is 8.51. The van der Waals surface area contributed by atoms with Crippen LogP contribution in [0, 0.1) is 6.92 Å². The standard InChI is InChI=1S/C15H21N3O4S/c1-3-11-16-9(2)13(23-11)14(21)17-10-6-4-5-7-18(15(10)22)8-12(19)20/h10H,3-8H2,1-2H3,(H,17,21)(H,19,20). The van der Waals surface area contributed by atoms with E-state index in [9.17, 15) is 14.4 Å². The van der Waals surface area contributed by atoms with E-state index >= 15 is 0 Å². The number of hydrogen-bond donors (Lipinski definition) is 2. The van der Waals surface area contributed by atoms with Gasteiger partial charge in [-0.3, -0.25) is 14.4 Å². The molecule has 0 aromatic carbocycles. The van der Waals surface area contributed by atoms with Crippen molar-refractivity contribution in [1.82, 2.24) is 15.2 Å². The average molecular weight is 339 g/mol. The number of carboxylic acid groups (broad SMARTS) is 1. The molecule has 0 saturated carbocycles. The normalized spacial score (nSPS) is 18.6. The maximum atomic E-state index is 12.4. The fourth-order valence-electron chi connectivity index (χ4n) is 2.60. The van der Waals surface area contributed by atoms with Crippen LogP contribution in [0.1, 0.15) is 46.6 Å². The van der Waals surface area contributed by atoms with Crippen molar-refractivity contribution in [3.63, 3.8) is 0 Å². The third kappa shape index (κ3) is 4.28. The summed E-state index contributed by atoms with van der Waals surface area (Å²) in [4.78, 5) is 41.9. The molecule has 2 amide bonds. The van der Waals surface area contributed by atoms with Gasteiger partial charge >= 0.3 is 5.97 Å². The van der Waals surface area contributed by atoms with Crippen LogP contribution in [0.2, 0.25) is 0 Å². The molecule has 1 aromatic rings.